The van der Waals surface area contributed by atoms with Gasteiger partial charge in [0.05, 0.1) is 0 Å². The van der Waals surface area contributed by atoms with E-state index in [0.717, 1.165) is 33.4 Å². The van der Waals surface area contributed by atoms with Gasteiger partial charge in [0, 0.05) is 0 Å². The number of rotatable bonds is 6. The molecule has 2 aliphatic carbocycles. The second-order valence-electron chi connectivity index (χ2n) is 21.1. The largest absolute Gasteiger partial charge is 0.207 e. The first kappa shape index (κ1) is 43.2. The van der Waals surface area contributed by atoms with Crippen LogP contribution in [-0.2, 0) is 0 Å². The minimum absolute atomic E-state index is 0.250. The highest BCUT2D eigenvalue weighted by Gasteiger charge is 2.36. The summed E-state index contributed by atoms with van der Waals surface area (Å²) in [7, 11) is 0. The summed E-state index contributed by atoms with van der Waals surface area (Å²) in [6.07, 6.45) is 0. The fourth-order valence-electron chi connectivity index (χ4n) is 14.2. The molecule has 0 spiro atoms. The third-order valence-electron chi connectivity index (χ3n) is 17.2. The van der Waals surface area contributed by atoms with Gasteiger partial charge in [0.25, 0.3) is 0 Å². The Balaban J connectivity index is 0.984. The van der Waals surface area contributed by atoms with Crippen molar-refractivity contribution in [2.24, 2.45) is 0 Å². The molecule has 0 heterocycles. The van der Waals surface area contributed by atoms with Gasteiger partial charge < -0.3 is 0 Å². The zero-order valence-electron chi connectivity index (χ0n) is 42.0. The summed E-state index contributed by atoms with van der Waals surface area (Å²) < 4.78 is 29.1. The summed E-state index contributed by atoms with van der Waals surface area (Å²) in [4.78, 5) is 0. The summed E-state index contributed by atoms with van der Waals surface area (Å²) in [6, 6.07) is 90.0. The van der Waals surface area contributed by atoms with Crippen LogP contribution in [0.1, 0.15) is 0 Å². The highest BCUT2D eigenvalue weighted by Crippen LogP contribution is 2.63. The number of benzene rings is 15. The quantitative estimate of drug-likeness (QED) is 0.115. The maximum absolute atomic E-state index is 14.5. The summed E-state index contributed by atoms with van der Waals surface area (Å²) in [5.74, 6) is -0.499. The normalized spacial score (nSPS) is 12.2. The van der Waals surface area contributed by atoms with Crippen LogP contribution in [0.15, 0.2) is 255 Å². The topological polar surface area (TPSA) is 0 Å². The molecule has 0 saturated carbocycles. The number of fused-ring (bicyclic) bond motifs is 10. The fraction of sp³-hybridized carbons (Fsp3) is 0. The smallest absolute Gasteiger partial charge is 0.123 e. The Morgan fingerprint density at radius 1 is 0.154 bits per heavy atom. The minimum atomic E-state index is -0.250. The SMILES string of the molecule is Fc1ccc(-c2ccccc2-c2c3c(c(-c4ccccc4)c4ccccc24)-c2ccc4c5ccc6c7c(ccc(c8ccc-3c2c48)c75)-c2c-6c(-c3ccccc3-c3ccc(F)cc3)c3ccccc3c2-c2ccccc2)cc1. The molecule has 0 aromatic heterocycles. The maximum atomic E-state index is 14.5. The van der Waals surface area contributed by atoms with Crippen LogP contribution in [0.3, 0.4) is 0 Å². The van der Waals surface area contributed by atoms with Crippen LogP contribution < -0.4 is 0 Å². The molecular formula is C76H42F2. The lowest BCUT2D eigenvalue weighted by Crippen LogP contribution is -1.95. The van der Waals surface area contributed by atoms with Gasteiger partial charge in [-0.25, -0.2) is 8.78 Å². The highest BCUT2D eigenvalue weighted by atomic mass is 19.1. The maximum Gasteiger partial charge on any atom is 0.123 e. The van der Waals surface area contributed by atoms with Gasteiger partial charge in [-0.2, -0.15) is 0 Å². The number of halogens is 2. The molecule has 0 atom stereocenters. The van der Waals surface area contributed by atoms with Gasteiger partial charge >= 0.3 is 0 Å². The summed E-state index contributed by atoms with van der Waals surface area (Å²) in [5.41, 5.74) is 23.3. The van der Waals surface area contributed by atoms with Gasteiger partial charge in [-0.1, -0.05) is 231 Å². The second kappa shape index (κ2) is 16.2. The summed E-state index contributed by atoms with van der Waals surface area (Å²) in [6.45, 7) is 0. The molecule has 360 valence electrons. The lowest BCUT2D eigenvalue weighted by Gasteiger charge is -2.22. The van der Waals surface area contributed by atoms with Crippen LogP contribution >= 0.6 is 0 Å². The van der Waals surface area contributed by atoms with Crippen LogP contribution in [0, 0.1) is 11.6 Å². The van der Waals surface area contributed by atoms with E-state index in [2.05, 4.69) is 206 Å². The molecule has 2 aliphatic rings. The first-order chi connectivity index (χ1) is 38.6. The van der Waals surface area contributed by atoms with Crippen LogP contribution in [-0.4, -0.2) is 0 Å². The van der Waals surface area contributed by atoms with Gasteiger partial charge in [-0.3, -0.25) is 0 Å². The van der Waals surface area contributed by atoms with E-state index in [1.54, 1.807) is 24.3 Å². The van der Waals surface area contributed by atoms with Crippen LogP contribution in [0.2, 0.25) is 0 Å². The minimum Gasteiger partial charge on any atom is -0.207 e. The van der Waals surface area contributed by atoms with E-state index in [4.69, 9.17) is 0 Å². The molecule has 17 rings (SSSR count). The Bertz CT molecular complexity index is 4710. The standard InChI is InChI=1S/C76H42F2/c77-47-31-27-43(28-32-47)49-19-7-9-21-51(49)69-55-25-13-11-23-53(55)65(45-15-3-1-4-16-45)73-61-39-35-57-60-38-42-64-72-62(40-36-58(68(60)72)59-37-41-63(75(69)73)71(61)67(57)59)74-66(46-17-5-2-6-18-46)54-24-12-14-26-56(54)70(76(64)74)52-22-10-8-20-50(52)44-29-33-48(78)34-30-44/h1-42H. The van der Waals surface area contributed by atoms with E-state index >= 15 is 0 Å². The molecule has 0 fully saturated rings. The van der Waals surface area contributed by atoms with E-state index in [1.807, 2.05) is 24.3 Å². The van der Waals surface area contributed by atoms with E-state index in [9.17, 15) is 8.78 Å². The van der Waals surface area contributed by atoms with E-state index in [0.29, 0.717) is 0 Å². The van der Waals surface area contributed by atoms with Crippen molar-refractivity contribution in [3.05, 3.63) is 266 Å². The molecule has 2 heteroatoms. The predicted octanol–water partition coefficient (Wildman–Crippen LogP) is 21.6. The molecular weight excluding hydrogens is 951 g/mol. The monoisotopic (exact) mass is 992 g/mol. The Kier molecular flexibility index (Phi) is 9.01. The average Bonchev–Trinajstić information content (AvgIpc) is 4.11. The Morgan fingerprint density at radius 3 is 0.782 bits per heavy atom. The molecule has 78 heavy (non-hydrogen) atoms. The van der Waals surface area contributed by atoms with Crippen molar-refractivity contribution in [2.75, 3.05) is 0 Å². The molecule has 0 bridgehead atoms. The Hall–Kier alpha value is -10.0. The van der Waals surface area contributed by atoms with Crippen molar-refractivity contribution in [3.63, 3.8) is 0 Å². The highest BCUT2D eigenvalue weighted by molar-refractivity contribution is 6.42. The van der Waals surface area contributed by atoms with Crippen molar-refractivity contribution in [3.8, 4) is 111 Å². The summed E-state index contributed by atoms with van der Waals surface area (Å²) >= 11 is 0. The summed E-state index contributed by atoms with van der Waals surface area (Å²) in [5, 5.41) is 14.8. The number of hydrogen-bond acceptors (Lipinski definition) is 0. The van der Waals surface area contributed by atoms with Gasteiger partial charge in [0.1, 0.15) is 11.6 Å². The Labute approximate surface area is 448 Å². The molecule has 0 saturated heterocycles. The van der Waals surface area contributed by atoms with Gasteiger partial charge in [-0.15, -0.1) is 0 Å². The number of hydrogen-bond donors (Lipinski definition) is 0. The van der Waals surface area contributed by atoms with Crippen LogP contribution in [0.4, 0.5) is 8.78 Å². The van der Waals surface area contributed by atoms with Gasteiger partial charge in [-0.05, 0) is 200 Å². The fourth-order valence-corrected chi connectivity index (χ4v) is 14.2. The molecule has 15 aromatic carbocycles. The molecule has 0 N–H and O–H groups in total. The zero-order chi connectivity index (χ0) is 51.3. The molecule has 0 nitrogen and oxygen atoms in total. The van der Waals surface area contributed by atoms with Crippen molar-refractivity contribution < 1.29 is 8.78 Å². The average molecular weight is 993 g/mol. The molecule has 0 aliphatic heterocycles. The second-order valence-corrected chi connectivity index (χ2v) is 21.1. The van der Waals surface area contributed by atoms with Gasteiger partial charge in [0.2, 0.25) is 0 Å². The first-order valence-electron chi connectivity index (χ1n) is 26.8. The van der Waals surface area contributed by atoms with Crippen molar-refractivity contribution in [1.82, 2.24) is 0 Å². The van der Waals surface area contributed by atoms with Gasteiger partial charge in [0.15, 0.2) is 0 Å². The molecule has 15 aromatic rings. The molecule has 0 amide bonds. The first-order valence-corrected chi connectivity index (χ1v) is 26.8. The van der Waals surface area contributed by atoms with Crippen LogP contribution in [0.5, 0.6) is 0 Å². The zero-order valence-corrected chi connectivity index (χ0v) is 42.0. The third-order valence-corrected chi connectivity index (χ3v) is 17.2. The van der Waals surface area contributed by atoms with E-state index < -0.39 is 0 Å². The Morgan fingerprint density at radius 2 is 0.436 bits per heavy atom. The van der Waals surface area contributed by atoms with Crippen LogP contribution in [0.25, 0.3) is 176 Å². The lowest BCUT2D eigenvalue weighted by atomic mass is 9.81. The van der Waals surface area contributed by atoms with E-state index in [-0.39, 0.29) is 11.6 Å². The molecule has 0 radical (unpaired) electrons. The van der Waals surface area contributed by atoms with E-state index in [1.165, 1.54) is 143 Å². The third kappa shape index (κ3) is 5.86. The predicted molar refractivity (Wildman–Crippen MR) is 324 cm³/mol. The lowest BCUT2D eigenvalue weighted by molar-refractivity contribution is 0.627. The molecule has 0 unspecified atom stereocenters. The van der Waals surface area contributed by atoms with Crippen molar-refractivity contribution in [2.45, 2.75) is 0 Å². The van der Waals surface area contributed by atoms with Crippen molar-refractivity contribution in [1.29, 1.82) is 0 Å². The van der Waals surface area contributed by atoms with Crippen molar-refractivity contribution >= 4 is 64.6 Å².